The number of nitrogens with zero attached hydrogens (tertiary/aromatic N) is 2. The van der Waals surface area contributed by atoms with E-state index in [0.29, 0.717) is 11.8 Å². The van der Waals surface area contributed by atoms with Gasteiger partial charge in [-0.15, -0.1) is 0 Å². The Morgan fingerprint density at radius 3 is 2.83 bits per heavy atom. The van der Waals surface area contributed by atoms with Crippen molar-refractivity contribution in [2.45, 2.75) is 32.9 Å². The molecule has 0 aliphatic carbocycles. The lowest BCUT2D eigenvalue weighted by Crippen LogP contribution is -2.37. The van der Waals surface area contributed by atoms with E-state index in [4.69, 9.17) is 4.42 Å². The standard InChI is InChI=1S/C14H22N2O2/c1-3-16(4-2)12-7-8-15(9-12)10-13-5-6-14(11-17)18-13/h5-6,11-12H,3-4,7-10H2,1-2H3. The zero-order valence-electron chi connectivity index (χ0n) is 11.3. The van der Waals surface area contributed by atoms with Crippen LogP contribution in [0.15, 0.2) is 16.5 Å². The molecule has 1 atom stereocenters. The summed E-state index contributed by atoms with van der Waals surface area (Å²) in [4.78, 5) is 15.5. The number of carbonyl (C=O) groups excluding carboxylic acids is 1. The number of rotatable bonds is 6. The zero-order valence-corrected chi connectivity index (χ0v) is 11.3. The molecule has 0 aromatic carbocycles. The van der Waals surface area contributed by atoms with Crippen LogP contribution in [0.4, 0.5) is 0 Å². The molecular formula is C14H22N2O2. The van der Waals surface area contributed by atoms with E-state index < -0.39 is 0 Å². The van der Waals surface area contributed by atoms with Crippen molar-refractivity contribution in [1.29, 1.82) is 0 Å². The van der Waals surface area contributed by atoms with Crippen molar-refractivity contribution in [3.8, 4) is 0 Å². The first-order valence-corrected chi connectivity index (χ1v) is 6.77. The van der Waals surface area contributed by atoms with Crippen molar-refractivity contribution >= 4 is 6.29 Å². The SMILES string of the molecule is CCN(CC)C1CCN(Cc2ccc(C=O)o2)C1. The number of aldehydes is 1. The molecule has 0 amide bonds. The Hall–Kier alpha value is -1.13. The van der Waals surface area contributed by atoms with Gasteiger partial charge in [0.1, 0.15) is 5.76 Å². The summed E-state index contributed by atoms with van der Waals surface area (Å²) in [7, 11) is 0. The van der Waals surface area contributed by atoms with Crippen molar-refractivity contribution in [2.24, 2.45) is 0 Å². The molecule has 4 heteroatoms. The number of hydrogen-bond acceptors (Lipinski definition) is 4. The molecule has 0 radical (unpaired) electrons. The summed E-state index contributed by atoms with van der Waals surface area (Å²) in [5.41, 5.74) is 0. The first-order valence-electron chi connectivity index (χ1n) is 6.77. The van der Waals surface area contributed by atoms with Crippen LogP contribution in [0.5, 0.6) is 0 Å². The Labute approximate surface area is 109 Å². The first kappa shape index (κ1) is 13.3. The van der Waals surface area contributed by atoms with Gasteiger partial charge in [-0.05, 0) is 31.6 Å². The number of carbonyl (C=O) groups is 1. The summed E-state index contributed by atoms with van der Waals surface area (Å²) in [6.07, 6.45) is 1.98. The van der Waals surface area contributed by atoms with Gasteiger partial charge in [0.05, 0.1) is 6.54 Å². The van der Waals surface area contributed by atoms with Gasteiger partial charge >= 0.3 is 0 Å². The minimum Gasteiger partial charge on any atom is -0.457 e. The van der Waals surface area contributed by atoms with E-state index >= 15 is 0 Å². The molecule has 2 heterocycles. The van der Waals surface area contributed by atoms with Crippen molar-refractivity contribution in [3.05, 3.63) is 23.7 Å². The maximum Gasteiger partial charge on any atom is 0.185 e. The van der Waals surface area contributed by atoms with Gasteiger partial charge in [-0.25, -0.2) is 0 Å². The highest BCUT2D eigenvalue weighted by Crippen LogP contribution is 2.18. The summed E-state index contributed by atoms with van der Waals surface area (Å²) < 4.78 is 5.42. The third kappa shape index (κ3) is 3.00. The molecule has 1 saturated heterocycles. The molecular weight excluding hydrogens is 228 g/mol. The summed E-state index contributed by atoms with van der Waals surface area (Å²) in [6.45, 7) is 9.68. The average Bonchev–Trinajstić information content (AvgIpc) is 3.01. The second-order valence-electron chi connectivity index (χ2n) is 4.82. The Morgan fingerprint density at radius 2 is 2.22 bits per heavy atom. The van der Waals surface area contributed by atoms with Gasteiger partial charge in [-0.3, -0.25) is 14.6 Å². The minimum absolute atomic E-state index is 0.421. The molecule has 1 fully saturated rings. The van der Waals surface area contributed by atoms with E-state index in [1.165, 1.54) is 6.42 Å². The van der Waals surface area contributed by atoms with Gasteiger partial charge in [0.15, 0.2) is 12.0 Å². The molecule has 100 valence electrons. The molecule has 1 aliphatic heterocycles. The molecule has 4 nitrogen and oxygen atoms in total. The van der Waals surface area contributed by atoms with E-state index in [1.54, 1.807) is 6.07 Å². The molecule has 0 saturated carbocycles. The Kier molecular flexibility index (Phi) is 4.55. The molecule has 2 rings (SSSR count). The lowest BCUT2D eigenvalue weighted by atomic mass is 10.2. The summed E-state index contributed by atoms with van der Waals surface area (Å²) in [5, 5.41) is 0. The highest BCUT2D eigenvalue weighted by Gasteiger charge is 2.26. The monoisotopic (exact) mass is 250 g/mol. The van der Waals surface area contributed by atoms with Crippen LogP contribution in [0, 0.1) is 0 Å². The second-order valence-corrected chi connectivity index (χ2v) is 4.82. The maximum atomic E-state index is 10.6. The predicted molar refractivity (Wildman–Crippen MR) is 70.7 cm³/mol. The molecule has 0 N–H and O–H groups in total. The Morgan fingerprint density at radius 1 is 1.44 bits per heavy atom. The second kappa shape index (κ2) is 6.16. The summed E-state index contributed by atoms with van der Waals surface area (Å²) in [6, 6.07) is 4.30. The van der Waals surface area contributed by atoms with E-state index in [-0.39, 0.29) is 0 Å². The Bertz CT molecular complexity index is 385. The van der Waals surface area contributed by atoms with Gasteiger partial charge in [0.25, 0.3) is 0 Å². The van der Waals surface area contributed by atoms with Crippen LogP contribution in [0.1, 0.15) is 36.6 Å². The van der Waals surface area contributed by atoms with Crippen LogP contribution in [0.3, 0.4) is 0 Å². The van der Waals surface area contributed by atoms with Crippen LogP contribution in [0.2, 0.25) is 0 Å². The highest BCUT2D eigenvalue weighted by atomic mass is 16.3. The van der Waals surface area contributed by atoms with E-state index in [0.717, 1.165) is 44.8 Å². The molecule has 18 heavy (non-hydrogen) atoms. The molecule has 1 aromatic heterocycles. The Balaban J connectivity index is 1.87. The van der Waals surface area contributed by atoms with Crippen LogP contribution < -0.4 is 0 Å². The lowest BCUT2D eigenvalue weighted by Gasteiger charge is -2.26. The smallest absolute Gasteiger partial charge is 0.185 e. The maximum absolute atomic E-state index is 10.6. The largest absolute Gasteiger partial charge is 0.457 e. The number of likely N-dealkylation sites (tertiary alicyclic amines) is 1. The fourth-order valence-electron chi connectivity index (χ4n) is 2.76. The molecule has 1 aliphatic rings. The molecule has 1 aromatic rings. The summed E-state index contributed by atoms with van der Waals surface area (Å²) >= 11 is 0. The van der Waals surface area contributed by atoms with Gasteiger partial charge in [0, 0.05) is 19.1 Å². The van der Waals surface area contributed by atoms with Gasteiger partial charge in [-0.1, -0.05) is 13.8 Å². The summed E-state index contributed by atoms with van der Waals surface area (Å²) in [5.74, 6) is 1.31. The fraction of sp³-hybridized carbons (Fsp3) is 0.643. The van der Waals surface area contributed by atoms with Crippen LogP contribution >= 0.6 is 0 Å². The van der Waals surface area contributed by atoms with Crippen LogP contribution in [-0.2, 0) is 6.54 Å². The number of likely N-dealkylation sites (N-methyl/N-ethyl adjacent to an activating group) is 1. The average molecular weight is 250 g/mol. The molecule has 0 bridgehead atoms. The zero-order chi connectivity index (χ0) is 13.0. The normalized spacial score (nSPS) is 20.7. The first-order chi connectivity index (χ1) is 8.76. The topological polar surface area (TPSA) is 36.7 Å². The molecule has 1 unspecified atom stereocenters. The van der Waals surface area contributed by atoms with Crippen molar-refractivity contribution < 1.29 is 9.21 Å². The van der Waals surface area contributed by atoms with Gasteiger partial charge in [0.2, 0.25) is 0 Å². The van der Waals surface area contributed by atoms with E-state index in [2.05, 4.69) is 23.6 Å². The van der Waals surface area contributed by atoms with Crippen molar-refractivity contribution in [3.63, 3.8) is 0 Å². The van der Waals surface area contributed by atoms with E-state index in [9.17, 15) is 4.79 Å². The van der Waals surface area contributed by atoms with Gasteiger partial charge < -0.3 is 4.42 Å². The lowest BCUT2D eigenvalue weighted by molar-refractivity contribution is 0.109. The quantitative estimate of drug-likeness (QED) is 0.724. The minimum atomic E-state index is 0.421. The van der Waals surface area contributed by atoms with Crippen molar-refractivity contribution in [2.75, 3.05) is 26.2 Å². The fourth-order valence-corrected chi connectivity index (χ4v) is 2.76. The van der Waals surface area contributed by atoms with Gasteiger partial charge in [-0.2, -0.15) is 0 Å². The highest BCUT2D eigenvalue weighted by molar-refractivity contribution is 5.70. The number of hydrogen-bond donors (Lipinski definition) is 0. The number of furan rings is 1. The van der Waals surface area contributed by atoms with Crippen LogP contribution in [-0.4, -0.2) is 48.3 Å². The predicted octanol–water partition coefficient (Wildman–Crippen LogP) is 2.01. The third-order valence-electron chi connectivity index (χ3n) is 3.75. The van der Waals surface area contributed by atoms with E-state index in [1.807, 2.05) is 6.07 Å². The molecule has 0 spiro atoms. The third-order valence-corrected chi connectivity index (χ3v) is 3.75. The van der Waals surface area contributed by atoms with Crippen LogP contribution in [0.25, 0.3) is 0 Å². The van der Waals surface area contributed by atoms with Crippen molar-refractivity contribution in [1.82, 2.24) is 9.80 Å².